The first-order valence-corrected chi connectivity index (χ1v) is 7.98. The highest BCUT2D eigenvalue weighted by atomic mass is 16.5. The first-order valence-electron chi connectivity index (χ1n) is 7.98. The van der Waals surface area contributed by atoms with Crippen molar-refractivity contribution in [3.8, 4) is 11.5 Å². The molecule has 5 heteroatoms. The fraction of sp³-hybridized carbons (Fsp3) is 0.368. The summed E-state index contributed by atoms with van der Waals surface area (Å²) in [6.07, 6.45) is 0.818. The van der Waals surface area contributed by atoms with Gasteiger partial charge in [-0.1, -0.05) is 6.07 Å². The molecule has 1 aliphatic carbocycles. The lowest BCUT2D eigenvalue weighted by molar-refractivity contribution is -0.119. The average Bonchev–Trinajstić information content (AvgIpc) is 3.40. The van der Waals surface area contributed by atoms with E-state index in [-0.39, 0.29) is 17.7 Å². The van der Waals surface area contributed by atoms with Crippen LogP contribution in [-0.4, -0.2) is 32.2 Å². The molecule has 0 saturated heterocycles. The largest absolute Gasteiger partial charge is 0.497 e. The van der Waals surface area contributed by atoms with Crippen molar-refractivity contribution >= 4 is 11.7 Å². The standard InChI is InChI=1S/C19H22N2O3/c1-12-6-5-7-18(20-12)21(2)19(22)16-11-14(16)15-10-13(23-3)8-9-17(15)24-4/h5-10,14,16H,11H2,1-4H3/t14-,16-/m1/s1. The van der Waals surface area contributed by atoms with Gasteiger partial charge in [0.15, 0.2) is 0 Å². The molecule has 1 amide bonds. The number of anilines is 1. The summed E-state index contributed by atoms with van der Waals surface area (Å²) in [4.78, 5) is 18.8. The van der Waals surface area contributed by atoms with E-state index in [2.05, 4.69) is 4.98 Å². The minimum Gasteiger partial charge on any atom is -0.497 e. The van der Waals surface area contributed by atoms with Crippen LogP contribution in [0.3, 0.4) is 0 Å². The maximum Gasteiger partial charge on any atom is 0.231 e. The Hall–Kier alpha value is -2.56. The minimum atomic E-state index is -0.0432. The molecule has 126 valence electrons. The third-order valence-electron chi connectivity index (χ3n) is 4.49. The highest BCUT2D eigenvalue weighted by Gasteiger charge is 2.47. The van der Waals surface area contributed by atoms with E-state index in [9.17, 15) is 4.79 Å². The van der Waals surface area contributed by atoms with Crippen LogP contribution in [0.2, 0.25) is 0 Å². The van der Waals surface area contributed by atoms with Gasteiger partial charge >= 0.3 is 0 Å². The van der Waals surface area contributed by atoms with E-state index in [0.29, 0.717) is 5.82 Å². The van der Waals surface area contributed by atoms with E-state index < -0.39 is 0 Å². The van der Waals surface area contributed by atoms with Crippen LogP contribution in [0.4, 0.5) is 5.82 Å². The van der Waals surface area contributed by atoms with Crippen molar-refractivity contribution < 1.29 is 14.3 Å². The number of rotatable bonds is 5. The number of amides is 1. The Balaban J connectivity index is 1.78. The summed E-state index contributed by atoms with van der Waals surface area (Å²) in [6, 6.07) is 11.4. The number of carbonyl (C=O) groups is 1. The Morgan fingerprint density at radius 3 is 2.67 bits per heavy atom. The Bertz CT molecular complexity index is 760. The molecular formula is C19H22N2O3. The highest BCUT2D eigenvalue weighted by Crippen LogP contribution is 2.52. The van der Waals surface area contributed by atoms with Crippen molar-refractivity contribution in [1.29, 1.82) is 0 Å². The van der Waals surface area contributed by atoms with Crippen LogP contribution in [0.15, 0.2) is 36.4 Å². The number of methoxy groups -OCH3 is 2. The Labute approximate surface area is 142 Å². The van der Waals surface area contributed by atoms with Crippen molar-refractivity contribution in [2.75, 3.05) is 26.2 Å². The van der Waals surface area contributed by atoms with Gasteiger partial charge in [-0.3, -0.25) is 9.69 Å². The number of benzene rings is 1. The molecule has 0 aliphatic heterocycles. The number of aromatic nitrogens is 1. The molecule has 1 aromatic heterocycles. The van der Waals surface area contributed by atoms with Gasteiger partial charge in [-0.2, -0.15) is 0 Å². The van der Waals surface area contributed by atoms with E-state index in [1.165, 1.54) is 0 Å². The monoisotopic (exact) mass is 326 g/mol. The molecule has 3 rings (SSSR count). The second-order valence-corrected chi connectivity index (χ2v) is 6.09. The molecule has 1 heterocycles. The van der Waals surface area contributed by atoms with Gasteiger partial charge in [0.2, 0.25) is 5.91 Å². The third-order valence-corrected chi connectivity index (χ3v) is 4.49. The lowest BCUT2D eigenvalue weighted by Gasteiger charge is -2.17. The van der Waals surface area contributed by atoms with Crippen molar-refractivity contribution in [1.82, 2.24) is 4.98 Å². The van der Waals surface area contributed by atoms with E-state index in [4.69, 9.17) is 9.47 Å². The topological polar surface area (TPSA) is 51.7 Å². The molecular weight excluding hydrogens is 304 g/mol. The minimum absolute atomic E-state index is 0.0432. The molecule has 1 saturated carbocycles. The van der Waals surface area contributed by atoms with E-state index in [1.807, 2.05) is 43.3 Å². The molecule has 1 fully saturated rings. The number of carbonyl (C=O) groups excluding carboxylic acids is 1. The van der Waals surface area contributed by atoms with E-state index in [0.717, 1.165) is 29.2 Å². The van der Waals surface area contributed by atoms with Gasteiger partial charge in [0.1, 0.15) is 17.3 Å². The Morgan fingerprint density at radius 2 is 2.00 bits per heavy atom. The molecule has 0 unspecified atom stereocenters. The molecule has 1 aliphatic rings. The molecule has 2 atom stereocenters. The summed E-state index contributed by atoms with van der Waals surface area (Å²) >= 11 is 0. The van der Waals surface area contributed by atoms with Crippen LogP contribution in [0.1, 0.15) is 23.6 Å². The smallest absolute Gasteiger partial charge is 0.231 e. The zero-order chi connectivity index (χ0) is 17.3. The fourth-order valence-electron chi connectivity index (χ4n) is 3.02. The van der Waals surface area contributed by atoms with Gasteiger partial charge in [-0.05, 0) is 43.7 Å². The normalized spacial score (nSPS) is 18.8. The van der Waals surface area contributed by atoms with E-state index in [1.54, 1.807) is 26.2 Å². The molecule has 0 bridgehead atoms. The van der Waals surface area contributed by atoms with Gasteiger partial charge in [0.25, 0.3) is 0 Å². The van der Waals surface area contributed by atoms with Gasteiger partial charge in [0, 0.05) is 30.1 Å². The number of aryl methyl sites for hydroxylation is 1. The molecule has 0 spiro atoms. The summed E-state index contributed by atoms with van der Waals surface area (Å²) in [6.45, 7) is 1.92. The van der Waals surface area contributed by atoms with Crippen molar-refractivity contribution in [3.63, 3.8) is 0 Å². The zero-order valence-corrected chi connectivity index (χ0v) is 14.4. The summed E-state index contributed by atoms with van der Waals surface area (Å²) in [7, 11) is 5.06. The van der Waals surface area contributed by atoms with Crippen LogP contribution in [0.25, 0.3) is 0 Å². The maximum absolute atomic E-state index is 12.8. The van der Waals surface area contributed by atoms with Crippen molar-refractivity contribution in [3.05, 3.63) is 47.7 Å². The van der Waals surface area contributed by atoms with Crippen LogP contribution < -0.4 is 14.4 Å². The van der Waals surface area contributed by atoms with Gasteiger partial charge < -0.3 is 9.47 Å². The Morgan fingerprint density at radius 1 is 1.21 bits per heavy atom. The van der Waals surface area contributed by atoms with Crippen molar-refractivity contribution in [2.24, 2.45) is 5.92 Å². The lowest BCUT2D eigenvalue weighted by Crippen LogP contribution is -2.29. The number of pyridine rings is 1. The van der Waals surface area contributed by atoms with E-state index >= 15 is 0 Å². The van der Waals surface area contributed by atoms with Crippen LogP contribution in [0, 0.1) is 12.8 Å². The summed E-state index contributed by atoms with van der Waals surface area (Å²) in [5, 5.41) is 0. The van der Waals surface area contributed by atoms with Crippen LogP contribution in [0.5, 0.6) is 11.5 Å². The van der Waals surface area contributed by atoms with Gasteiger partial charge in [0.05, 0.1) is 14.2 Å². The van der Waals surface area contributed by atoms with Crippen LogP contribution >= 0.6 is 0 Å². The SMILES string of the molecule is COc1ccc(OC)c([C@H]2C[C@H]2C(=O)N(C)c2cccc(C)n2)c1. The molecule has 0 radical (unpaired) electrons. The molecule has 0 N–H and O–H groups in total. The quantitative estimate of drug-likeness (QED) is 0.847. The number of hydrogen-bond donors (Lipinski definition) is 0. The van der Waals surface area contributed by atoms with Crippen molar-refractivity contribution in [2.45, 2.75) is 19.3 Å². The van der Waals surface area contributed by atoms with Gasteiger partial charge in [-0.25, -0.2) is 4.98 Å². The first kappa shape index (κ1) is 16.3. The molecule has 24 heavy (non-hydrogen) atoms. The first-order chi connectivity index (χ1) is 11.5. The maximum atomic E-state index is 12.8. The lowest BCUT2D eigenvalue weighted by atomic mass is 10.1. The molecule has 2 aromatic rings. The highest BCUT2D eigenvalue weighted by molar-refractivity contribution is 5.96. The second-order valence-electron chi connectivity index (χ2n) is 6.09. The van der Waals surface area contributed by atoms with Gasteiger partial charge in [-0.15, -0.1) is 0 Å². The third kappa shape index (κ3) is 3.07. The molecule has 5 nitrogen and oxygen atoms in total. The zero-order valence-electron chi connectivity index (χ0n) is 14.4. The predicted molar refractivity (Wildman–Crippen MR) is 92.8 cm³/mol. The van der Waals surface area contributed by atoms with Crippen LogP contribution in [-0.2, 0) is 4.79 Å². The summed E-state index contributed by atoms with van der Waals surface area (Å²) in [5.74, 6) is 2.46. The predicted octanol–water partition coefficient (Wildman–Crippen LogP) is 3.17. The summed E-state index contributed by atoms with van der Waals surface area (Å²) < 4.78 is 10.7. The summed E-state index contributed by atoms with van der Waals surface area (Å²) in [5.41, 5.74) is 1.93. The number of ether oxygens (including phenoxy) is 2. The fourth-order valence-corrected chi connectivity index (χ4v) is 3.02. The number of nitrogens with zero attached hydrogens (tertiary/aromatic N) is 2. The molecule has 1 aromatic carbocycles. The Kier molecular flexibility index (Phi) is 4.42. The second kappa shape index (κ2) is 6.51. The number of hydrogen-bond acceptors (Lipinski definition) is 4. The average molecular weight is 326 g/mol.